The second-order valence-electron chi connectivity index (χ2n) is 6.54. The molecule has 1 heterocycles. The van der Waals surface area contributed by atoms with E-state index in [1.165, 1.54) is 9.77 Å². The number of benzene rings is 2. The Kier molecular flexibility index (Phi) is 9.74. The van der Waals surface area contributed by atoms with E-state index in [1.54, 1.807) is 12.1 Å². The van der Waals surface area contributed by atoms with E-state index in [-0.39, 0.29) is 24.1 Å². The van der Waals surface area contributed by atoms with Crippen molar-refractivity contribution >= 4 is 51.7 Å². The normalized spacial score (nSPS) is 10.7. The number of rotatable bonds is 9. The summed E-state index contributed by atoms with van der Waals surface area (Å²) in [5, 5.41) is 5.13. The summed E-state index contributed by atoms with van der Waals surface area (Å²) in [6, 6.07) is 15.1. The largest absolute Gasteiger partial charge is 0.487 e. The maximum atomic E-state index is 13.5. The van der Waals surface area contributed by atoms with Gasteiger partial charge in [-0.25, -0.2) is 4.98 Å². The molecule has 0 saturated heterocycles. The maximum Gasteiger partial charge on any atom is 0.255 e. The van der Waals surface area contributed by atoms with E-state index in [1.807, 2.05) is 37.3 Å². The number of carbonyl (C=O) groups is 1. The SMILES string of the molecule is CCN(CCNC(=O)c1ccc2cc(I)ccc2c1)CCOc1cccnc1F.Cl. The molecule has 1 N–H and O–H groups in total. The number of nitrogens with one attached hydrogen (secondary N) is 1. The minimum Gasteiger partial charge on any atom is -0.487 e. The first-order valence-corrected chi connectivity index (χ1v) is 10.6. The third-order valence-corrected chi connectivity index (χ3v) is 5.29. The number of amides is 1. The zero-order chi connectivity index (χ0) is 20.6. The Balaban J connectivity index is 0.00000320. The molecular weight excluding hydrogens is 520 g/mol. The minimum atomic E-state index is -0.604. The maximum absolute atomic E-state index is 13.5. The van der Waals surface area contributed by atoms with E-state index < -0.39 is 5.95 Å². The van der Waals surface area contributed by atoms with Crippen LogP contribution in [0.2, 0.25) is 0 Å². The zero-order valence-corrected chi connectivity index (χ0v) is 19.6. The third kappa shape index (κ3) is 6.78. The highest BCUT2D eigenvalue weighted by molar-refractivity contribution is 14.1. The molecular formula is C22H24ClFIN3O2. The molecule has 5 nitrogen and oxygen atoms in total. The Morgan fingerprint density at radius 2 is 1.93 bits per heavy atom. The lowest BCUT2D eigenvalue weighted by molar-refractivity contribution is 0.0947. The monoisotopic (exact) mass is 543 g/mol. The molecule has 0 unspecified atom stereocenters. The van der Waals surface area contributed by atoms with Crippen LogP contribution >= 0.6 is 35.0 Å². The molecule has 160 valence electrons. The van der Waals surface area contributed by atoms with Crippen LogP contribution in [0, 0.1) is 9.52 Å². The topological polar surface area (TPSA) is 54.5 Å². The molecule has 0 bridgehead atoms. The van der Waals surface area contributed by atoms with Crippen molar-refractivity contribution in [2.75, 3.05) is 32.8 Å². The van der Waals surface area contributed by atoms with E-state index in [9.17, 15) is 9.18 Å². The smallest absolute Gasteiger partial charge is 0.255 e. The summed E-state index contributed by atoms with van der Waals surface area (Å²) >= 11 is 2.28. The first kappa shape index (κ1) is 24.3. The van der Waals surface area contributed by atoms with Crippen LogP contribution in [0.4, 0.5) is 4.39 Å². The highest BCUT2D eigenvalue weighted by atomic mass is 127. The summed E-state index contributed by atoms with van der Waals surface area (Å²) < 4.78 is 20.1. The van der Waals surface area contributed by atoms with Crippen molar-refractivity contribution in [2.45, 2.75) is 6.92 Å². The molecule has 0 spiro atoms. The summed E-state index contributed by atoms with van der Waals surface area (Å²) in [5.74, 6) is -0.536. The van der Waals surface area contributed by atoms with Crippen LogP contribution in [0.25, 0.3) is 10.8 Å². The molecule has 0 atom stereocenters. The molecule has 8 heteroatoms. The molecule has 3 aromatic rings. The third-order valence-electron chi connectivity index (χ3n) is 4.62. The van der Waals surface area contributed by atoms with Gasteiger partial charge in [-0.15, -0.1) is 12.4 Å². The molecule has 1 aromatic heterocycles. The number of likely N-dealkylation sites (N-methyl/N-ethyl adjacent to an activating group) is 1. The Labute approximate surface area is 195 Å². The van der Waals surface area contributed by atoms with Crippen molar-refractivity contribution in [3.05, 3.63) is 69.8 Å². The van der Waals surface area contributed by atoms with Crippen LogP contribution in [-0.4, -0.2) is 48.6 Å². The van der Waals surface area contributed by atoms with Gasteiger partial charge in [-0.05, 0) is 76.3 Å². The zero-order valence-electron chi connectivity index (χ0n) is 16.6. The summed E-state index contributed by atoms with van der Waals surface area (Å²) in [4.78, 5) is 18.2. The van der Waals surface area contributed by atoms with Gasteiger partial charge in [0.15, 0.2) is 5.75 Å². The van der Waals surface area contributed by atoms with Crippen molar-refractivity contribution in [3.63, 3.8) is 0 Å². The van der Waals surface area contributed by atoms with E-state index >= 15 is 0 Å². The quantitative estimate of drug-likeness (QED) is 0.318. The minimum absolute atomic E-state index is 0. The Morgan fingerprint density at radius 3 is 2.70 bits per heavy atom. The van der Waals surface area contributed by atoms with Crippen molar-refractivity contribution in [1.29, 1.82) is 0 Å². The second-order valence-corrected chi connectivity index (χ2v) is 7.78. The van der Waals surface area contributed by atoms with Crippen molar-refractivity contribution in [2.24, 2.45) is 0 Å². The molecule has 0 aliphatic heterocycles. The summed E-state index contributed by atoms with van der Waals surface area (Å²) in [7, 11) is 0. The van der Waals surface area contributed by atoms with E-state index in [0.29, 0.717) is 31.8 Å². The lowest BCUT2D eigenvalue weighted by Gasteiger charge is -2.20. The van der Waals surface area contributed by atoms with Crippen LogP contribution in [-0.2, 0) is 0 Å². The number of halogens is 3. The second kappa shape index (κ2) is 12.0. The summed E-state index contributed by atoms with van der Waals surface area (Å²) in [6.45, 7) is 5.05. The van der Waals surface area contributed by atoms with Crippen molar-refractivity contribution < 1.29 is 13.9 Å². The number of ether oxygens (including phenoxy) is 1. The standard InChI is InChI=1S/C22H23FIN3O2.ClH/c1-2-27(12-13-29-20-4-3-9-25-21(20)23)11-10-26-22(28)18-6-5-17-15-19(24)8-7-16(17)14-18;/h3-9,14-15H,2,10-13H2,1H3,(H,26,28);1H. The number of carbonyl (C=O) groups excluding carboxylic acids is 1. The van der Waals surface area contributed by atoms with Crippen LogP contribution in [0.15, 0.2) is 54.7 Å². The van der Waals surface area contributed by atoms with Crippen molar-refractivity contribution in [3.8, 4) is 5.75 Å². The Hall–Kier alpha value is -1.97. The number of pyridine rings is 1. The fourth-order valence-corrected chi connectivity index (χ4v) is 3.49. The van der Waals surface area contributed by atoms with Gasteiger partial charge in [0.25, 0.3) is 11.9 Å². The highest BCUT2D eigenvalue weighted by Crippen LogP contribution is 2.19. The number of nitrogens with zero attached hydrogens (tertiary/aromatic N) is 2. The molecule has 1 amide bonds. The van der Waals surface area contributed by atoms with E-state index in [0.717, 1.165) is 17.3 Å². The van der Waals surface area contributed by atoms with Gasteiger partial charge >= 0.3 is 0 Å². The number of aromatic nitrogens is 1. The number of fused-ring (bicyclic) bond motifs is 1. The Morgan fingerprint density at radius 1 is 1.17 bits per heavy atom. The molecule has 0 fully saturated rings. The molecule has 0 aliphatic carbocycles. The van der Waals surface area contributed by atoms with E-state index in [2.05, 4.69) is 43.9 Å². The number of hydrogen-bond acceptors (Lipinski definition) is 4. The average Bonchev–Trinajstić information content (AvgIpc) is 2.73. The summed E-state index contributed by atoms with van der Waals surface area (Å²) in [5.41, 5.74) is 0.650. The fraction of sp³-hybridized carbons (Fsp3) is 0.273. The average molecular weight is 544 g/mol. The Bertz CT molecular complexity index is 990. The lowest BCUT2D eigenvalue weighted by atomic mass is 10.1. The number of hydrogen-bond donors (Lipinski definition) is 1. The van der Waals surface area contributed by atoms with Gasteiger partial charge in [-0.1, -0.05) is 19.1 Å². The highest BCUT2D eigenvalue weighted by Gasteiger charge is 2.09. The van der Waals surface area contributed by atoms with Gasteiger partial charge in [0, 0.05) is 35.0 Å². The van der Waals surface area contributed by atoms with E-state index in [4.69, 9.17) is 4.74 Å². The van der Waals surface area contributed by atoms with Gasteiger partial charge in [0.2, 0.25) is 0 Å². The van der Waals surface area contributed by atoms with Gasteiger partial charge in [-0.2, -0.15) is 4.39 Å². The molecule has 0 saturated carbocycles. The van der Waals surface area contributed by atoms with Crippen LogP contribution in [0.1, 0.15) is 17.3 Å². The van der Waals surface area contributed by atoms with Gasteiger partial charge in [0.05, 0.1) is 0 Å². The predicted octanol–water partition coefficient (Wildman–Crippen LogP) is 4.53. The van der Waals surface area contributed by atoms with Gasteiger partial charge < -0.3 is 10.1 Å². The molecule has 30 heavy (non-hydrogen) atoms. The lowest BCUT2D eigenvalue weighted by Crippen LogP contribution is -2.37. The molecule has 2 aromatic carbocycles. The van der Waals surface area contributed by atoms with Gasteiger partial charge in [-0.3, -0.25) is 9.69 Å². The molecule has 3 rings (SSSR count). The molecule has 0 radical (unpaired) electrons. The van der Waals surface area contributed by atoms with Crippen LogP contribution in [0.3, 0.4) is 0 Å². The molecule has 0 aliphatic rings. The van der Waals surface area contributed by atoms with Crippen molar-refractivity contribution in [1.82, 2.24) is 15.2 Å². The van der Waals surface area contributed by atoms with Crippen LogP contribution < -0.4 is 10.1 Å². The fourth-order valence-electron chi connectivity index (χ4n) is 2.98. The first-order valence-electron chi connectivity index (χ1n) is 9.50. The summed E-state index contributed by atoms with van der Waals surface area (Å²) in [6.07, 6.45) is 1.39. The van der Waals surface area contributed by atoms with Crippen LogP contribution in [0.5, 0.6) is 5.75 Å². The predicted molar refractivity (Wildman–Crippen MR) is 128 cm³/mol. The first-order chi connectivity index (χ1) is 14.1. The van der Waals surface area contributed by atoms with Gasteiger partial charge in [0.1, 0.15) is 6.61 Å².